The van der Waals surface area contributed by atoms with Gasteiger partial charge in [-0.2, -0.15) is 21.6 Å². The van der Waals surface area contributed by atoms with E-state index in [9.17, 15) is 40.8 Å². The standard InChI is InChI=1S/C27H43F3O12S/c1-23(2,3)19(31)37-13-14-15(39-20(32)24(4,5)6)16(40-21(33)25(7,8)9)17(42-43(35,36)27(28,29)30)18(38-14)41-22(34)26(10,11)12/h14-18H,13H2,1-12H3/t14?,15-,16+,17-,18?/m1/s1. The zero-order valence-electron chi connectivity index (χ0n) is 26.5. The van der Waals surface area contributed by atoms with E-state index in [1.807, 2.05) is 0 Å². The monoisotopic (exact) mass is 648 g/mol. The Hall–Kier alpha value is -2.46. The van der Waals surface area contributed by atoms with Crippen LogP contribution in [0.1, 0.15) is 83.1 Å². The first kappa shape index (κ1) is 38.6. The molecule has 0 radical (unpaired) electrons. The minimum atomic E-state index is -6.44. The van der Waals surface area contributed by atoms with Crippen molar-refractivity contribution in [1.82, 2.24) is 0 Å². The first-order valence-corrected chi connectivity index (χ1v) is 14.8. The van der Waals surface area contributed by atoms with Gasteiger partial charge < -0.3 is 23.7 Å². The molecule has 43 heavy (non-hydrogen) atoms. The van der Waals surface area contributed by atoms with Gasteiger partial charge >= 0.3 is 39.5 Å². The third kappa shape index (κ3) is 10.6. The molecule has 0 saturated carbocycles. The van der Waals surface area contributed by atoms with E-state index >= 15 is 0 Å². The smallest absolute Gasteiger partial charge is 0.462 e. The van der Waals surface area contributed by atoms with Crippen molar-refractivity contribution in [2.45, 2.75) is 119 Å². The molecule has 0 aromatic carbocycles. The van der Waals surface area contributed by atoms with Crippen molar-refractivity contribution < 1.29 is 68.6 Å². The van der Waals surface area contributed by atoms with Crippen LogP contribution in [0.2, 0.25) is 0 Å². The molecule has 1 fully saturated rings. The van der Waals surface area contributed by atoms with Crippen LogP contribution in [0.5, 0.6) is 0 Å². The predicted octanol–water partition coefficient (Wildman–Crippen LogP) is 4.04. The summed E-state index contributed by atoms with van der Waals surface area (Å²) in [5.41, 5.74) is -10.8. The minimum absolute atomic E-state index is 0.732. The third-order valence-electron chi connectivity index (χ3n) is 5.65. The largest absolute Gasteiger partial charge is 0.523 e. The molecule has 12 nitrogen and oxygen atoms in total. The van der Waals surface area contributed by atoms with Crippen molar-refractivity contribution >= 4 is 34.0 Å². The van der Waals surface area contributed by atoms with Crippen LogP contribution in [0.4, 0.5) is 13.2 Å². The summed E-state index contributed by atoms with van der Waals surface area (Å²) in [4.78, 5) is 51.4. The van der Waals surface area contributed by atoms with Gasteiger partial charge in [-0.05, 0) is 83.1 Å². The first-order chi connectivity index (χ1) is 18.9. The lowest BCUT2D eigenvalue weighted by molar-refractivity contribution is -0.298. The van der Waals surface area contributed by atoms with E-state index in [1.54, 1.807) is 0 Å². The summed E-state index contributed by atoms with van der Waals surface area (Å²) in [7, 11) is -6.44. The predicted molar refractivity (Wildman–Crippen MR) is 143 cm³/mol. The summed E-state index contributed by atoms with van der Waals surface area (Å²) in [5.74, 6) is -3.86. The molecule has 0 N–H and O–H groups in total. The van der Waals surface area contributed by atoms with Crippen molar-refractivity contribution in [2.24, 2.45) is 21.7 Å². The van der Waals surface area contributed by atoms with E-state index in [2.05, 4.69) is 4.18 Å². The maximum absolute atomic E-state index is 13.5. The van der Waals surface area contributed by atoms with Crippen LogP contribution in [0.25, 0.3) is 0 Å². The highest BCUT2D eigenvalue weighted by Crippen LogP contribution is 2.37. The SMILES string of the molecule is CC(C)(C)C(=O)OCC1OC(OC(=O)C(C)(C)C)[C@H](OS(=O)(=O)C(F)(F)F)[C@@H](OC(=O)C(C)(C)C)[C@@H]1OC(=O)C(C)(C)C. The molecule has 0 aromatic rings. The van der Waals surface area contributed by atoms with Crippen molar-refractivity contribution in [3.63, 3.8) is 0 Å². The van der Waals surface area contributed by atoms with Crippen LogP contribution >= 0.6 is 0 Å². The highest BCUT2D eigenvalue weighted by molar-refractivity contribution is 7.87. The Morgan fingerprint density at radius 1 is 0.605 bits per heavy atom. The summed E-state index contributed by atoms with van der Waals surface area (Å²) in [5, 5.41) is 0. The Balaban J connectivity index is 3.91. The van der Waals surface area contributed by atoms with Gasteiger partial charge in [0.15, 0.2) is 18.3 Å². The molecule has 1 aliphatic heterocycles. The Kier molecular flexibility index (Phi) is 11.5. The van der Waals surface area contributed by atoms with Crippen LogP contribution < -0.4 is 0 Å². The fraction of sp³-hybridized carbons (Fsp3) is 0.852. The van der Waals surface area contributed by atoms with Gasteiger partial charge in [-0.25, -0.2) is 4.18 Å². The fourth-order valence-corrected chi connectivity index (χ4v) is 3.55. The van der Waals surface area contributed by atoms with Gasteiger partial charge in [0.05, 0.1) is 21.7 Å². The van der Waals surface area contributed by atoms with Crippen LogP contribution in [-0.4, -0.2) is 75.1 Å². The van der Waals surface area contributed by atoms with Crippen LogP contribution in [0, 0.1) is 21.7 Å². The molecule has 0 bridgehead atoms. The number of carbonyl (C=O) groups excluding carboxylic acids is 4. The Morgan fingerprint density at radius 3 is 1.35 bits per heavy atom. The summed E-state index contributed by atoms with van der Waals surface area (Å²) in [6.07, 6.45) is -10.5. The molecule has 0 aliphatic carbocycles. The fourth-order valence-electron chi connectivity index (χ4n) is 2.94. The third-order valence-corrected chi connectivity index (χ3v) is 6.69. The number of esters is 4. The molecular formula is C27H43F3O12S. The zero-order chi connectivity index (χ0) is 34.1. The lowest BCUT2D eigenvalue weighted by Crippen LogP contribution is -2.64. The van der Waals surface area contributed by atoms with E-state index in [-0.39, 0.29) is 0 Å². The van der Waals surface area contributed by atoms with Gasteiger partial charge in [-0.1, -0.05) is 0 Å². The molecule has 5 atom stereocenters. The summed E-state index contributed by atoms with van der Waals surface area (Å²) in [6, 6.07) is 0. The topological polar surface area (TPSA) is 158 Å². The number of alkyl halides is 3. The van der Waals surface area contributed by atoms with Gasteiger partial charge in [0, 0.05) is 0 Å². The first-order valence-electron chi connectivity index (χ1n) is 13.3. The maximum Gasteiger partial charge on any atom is 0.523 e. The number of carbonyl (C=O) groups is 4. The number of hydrogen-bond donors (Lipinski definition) is 0. The van der Waals surface area contributed by atoms with Crippen LogP contribution in [0.3, 0.4) is 0 Å². The molecule has 16 heteroatoms. The maximum atomic E-state index is 13.5. The number of halogens is 3. The highest BCUT2D eigenvalue weighted by atomic mass is 32.2. The van der Waals surface area contributed by atoms with E-state index in [0.29, 0.717) is 0 Å². The molecule has 1 rings (SSSR count). The van der Waals surface area contributed by atoms with Gasteiger partial charge in [0.25, 0.3) is 0 Å². The molecule has 0 spiro atoms. The second-order valence-electron chi connectivity index (χ2n) is 14.2. The van der Waals surface area contributed by atoms with E-state index in [1.165, 1.54) is 83.1 Å². The summed E-state index contributed by atoms with van der Waals surface area (Å²) < 4.78 is 96.6. The van der Waals surface area contributed by atoms with Crippen molar-refractivity contribution in [2.75, 3.05) is 6.61 Å². The van der Waals surface area contributed by atoms with Crippen LogP contribution in [-0.2, 0) is 57.2 Å². The van der Waals surface area contributed by atoms with Gasteiger partial charge in [-0.3, -0.25) is 19.2 Å². The summed E-state index contributed by atoms with van der Waals surface area (Å²) in [6.45, 7) is 16.6. The molecular weight excluding hydrogens is 605 g/mol. The molecule has 250 valence electrons. The highest BCUT2D eigenvalue weighted by Gasteiger charge is 2.59. The van der Waals surface area contributed by atoms with E-state index < -0.39 is 98.5 Å². The molecule has 0 amide bonds. The number of hydrogen-bond acceptors (Lipinski definition) is 12. The Labute approximate surface area is 250 Å². The molecule has 1 aliphatic rings. The average Bonchev–Trinajstić information content (AvgIpc) is 2.77. The molecule has 0 aromatic heterocycles. The molecule has 1 heterocycles. The second kappa shape index (κ2) is 12.9. The normalized spacial score (nSPS) is 24.1. The lowest BCUT2D eigenvalue weighted by Gasteiger charge is -2.45. The Morgan fingerprint density at radius 2 is 0.977 bits per heavy atom. The van der Waals surface area contributed by atoms with Crippen molar-refractivity contribution in [1.29, 1.82) is 0 Å². The van der Waals surface area contributed by atoms with Gasteiger partial charge in [-0.15, -0.1) is 0 Å². The second-order valence-corrected chi connectivity index (χ2v) is 15.8. The molecule has 1 saturated heterocycles. The number of ether oxygens (including phenoxy) is 5. The van der Waals surface area contributed by atoms with E-state index in [4.69, 9.17) is 23.7 Å². The average molecular weight is 649 g/mol. The van der Waals surface area contributed by atoms with E-state index in [0.717, 1.165) is 0 Å². The van der Waals surface area contributed by atoms with Gasteiger partial charge in [0.2, 0.25) is 6.29 Å². The quantitative estimate of drug-likeness (QED) is 0.169. The molecule has 2 unspecified atom stereocenters. The minimum Gasteiger partial charge on any atom is -0.462 e. The van der Waals surface area contributed by atoms with Crippen molar-refractivity contribution in [3.8, 4) is 0 Å². The van der Waals surface area contributed by atoms with Crippen molar-refractivity contribution in [3.05, 3.63) is 0 Å². The summed E-state index contributed by atoms with van der Waals surface area (Å²) >= 11 is 0. The number of rotatable bonds is 7. The Bertz CT molecular complexity index is 1150. The van der Waals surface area contributed by atoms with Crippen LogP contribution in [0.15, 0.2) is 0 Å². The van der Waals surface area contributed by atoms with Gasteiger partial charge in [0.1, 0.15) is 12.7 Å². The zero-order valence-corrected chi connectivity index (χ0v) is 27.4. The lowest BCUT2D eigenvalue weighted by atomic mass is 9.93.